The molecule has 0 spiro atoms. The Hall–Kier alpha value is -1.71. The molecule has 0 aromatic heterocycles. The first-order valence-electron chi connectivity index (χ1n) is 6.51. The molecule has 0 heterocycles. The molecule has 1 rings (SSSR count). The van der Waals surface area contributed by atoms with Gasteiger partial charge in [-0.2, -0.15) is 0 Å². The highest BCUT2D eigenvalue weighted by Gasteiger charge is 2.17. The highest BCUT2D eigenvalue weighted by atomic mass is 16.5. The van der Waals surface area contributed by atoms with Gasteiger partial charge in [-0.15, -0.1) is 0 Å². The van der Waals surface area contributed by atoms with Crippen molar-refractivity contribution in [2.75, 3.05) is 21.3 Å². The van der Waals surface area contributed by atoms with E-state index in [0.29, 0.717) is 29.2 Å². The van der Waals surface area contributed by atoms with Crippen molar-refractivity contribution in [1.82, 2.24) is 0 Å². The van der Waals surface area contributed by atoms with Crippen molar-refractivity contribution in [2.24, 2.45) is 0 Å². The number of carbonyl (C=O) groups is 1. The number of carbonyl (C=O) groups excluding carboxylic acids is 1. The van der Waals surface area contributed by atoms with E-state index in [1.54, 1.807) is 33.5 Å². The molecule has 4 nitrogen and oxygen atoms in total. The number of ketones is 1. The van der Waals surface area contributed by atoms with Gasteiger partial charge in [-0.3, -0.25) is 4.79 Å². The largest absolute Gasteiger partial charge is 0.496 e. The Morgan fingerprint density at radius 3 is 2.05 bits per heavy atom. The summed E-state index contributed by atoms with van der Waals surface area (Å²) in [5.74, 6) is 1.71. The summed E-state index contributed by atoms with van der Waals surface area (Å²) in [6.07, 6.45) is 3.57. The number of Topliss-reactive ketones (excluding diaryl/α,β-unsaturated/α-hetero) is 1. The second-order valence-electron chi connectivity index (χ2n) is 4.29. The van der Waals surface area contributed by atoms with Crippen LogP contribution in [0.2, 0.25) is 0 Å². The fourth-order valence-corrected chi connectivity index (χ4v) is 1.92. The van der Waals surface area contributed by atoms with Crippen molar-refractivity contribution in [3.05, 3.63) is 17.7 Å². The van der Waals surface area contributed by atoms with E-state index in [-0.39, 0.29) is 5.78 Å². The van der Waals surface area contributed by atoms with Gasteiger partial charge in [0.1, 0.15) is 5.75 Å². The first kappa shape index (κ1) is 15.3. The molecule has 0 radical (unpaired) electrons. The Bertz CT molecular complexity index is 426. The van der Waals surface area contributed by atoms with Crippen LogP contribution in [0, 0.1) is 0 Å². The molecule has 0 fully saturated rings. The minimum absolute atomic E-state index is 0.0752. The molecule has 0 aliphatic rings. The molecule has 0 saturated heterocycles. The lowest BCUT2D eigenvalue weighted by atomic mass is 10.0. The topological polar surface area (TPSA) is 44.8 Å². The summed E-state index contributed by atoms with van der Waals surface area (Å²) < 4.78 is 15.7. The molecule has 0 saturated carbocycles. The van der Waals surface area contributed by atoms with Crippen LogP contribution >= 0.6 is 0 Å². The van der Waals surface area contributed by atoms with Crippen LogP contribution in [0.4, 0.5) is 0 Å². The number of benzene rings is 1. The van der Waals surface area contributed by atoms with Crippen LogP contribution < -0.4 is 14.2 Å². The van der Waals surface area contributed by atoms with Crippen molar-refractivity contribution in [1.29, 1.82) is 0 Å². The molecule has 4 heteroatoms. The van der Waals surface area contributed by atoms with Crippen LogP contribution in [0.5, 0.6) is 17.2 Å². The SMILES string of the molecule is CCCCCC(=O)c1cc(OC)c(OC)cc1OC. The molecule has 0 N–H and O–H groups in total. The van der Waals surface area contributed by atoms with Crippen LogP contribution in [-0.4, -0.2) is 27.1 Å². The summed E-state index contributed by atoms with van der Waals surface area (Å²) >= 11 is 0. The molecular weight excluding hydrogens is 244 g/mol. The lowest BCUT2D eigenvalue weighted by Crippen LogP contribution is -2.04. The Labute approximate surface area is 114 Å². The van der Waals surface area contributed by atoms with E-state index in [4.69, 9.17) is 14.2 Å². The molecule has 0 amide bonds. The predicted molar refractivity (Wildman–Crippen MR) is 74.6 cm³/mol. The minimum Gasteiger partial charge on any atom is -0.496 e. The van der Waals surface area contributed by atoms with E-state index >= 15 is 0 Å². The van der Waals surface area contributed by atoms with Crippen molar-refractivity contribution in [3.8, 4) is 17.2 Å². The monoisotopic (exact) mass is 266 g/mol. The molecule has 1 aromatic rings. The number of rotatable bonds is 8. The molecule has 19 heavy (non-hydrogen) atoms. The lowest BCUT2D eigenvalue weighted by Gasteiger charge is -2.13. The zero-order chi connectivity index (χ0) is 14.3. The second kappa shape index (κ2) is 7.67. The number of ether oxygens (including phenoxy) is 3. The van der Waals surface area contributed by atoms with Crippen LogP contribution in [0.3, 0.4) is 0 Å². The third-order valence-corrected chi connectivity index (χ3v) is 3.01. The zero-order valence-electron chi connectivity index (χ0n) is 12.1. The number of unbranched alkanes of at least 4 members (excludes halogenated alkanes) is 2. The number of methoxy groups -OCH3 is 3. The molecule has 0 aliphatic carbocycles. The fourth-order valence-electron chi connectivity index (χ4n) is 1.92. The van der Waals surface area contributed by atoms with Crippen molar-refractivity contribution in [3.63, 3.8) is 0 Å². The maximum atomic E-state index is 12.2. The molecular formula is C15H22O4. The summed E-state index contributed by atoms with van der Waals surface area (Å²) in [7, 11) is 4.65. The minimum atomic E-state index is 0.0752. The van der Waals surface area contributed by atoms with Gasteiger partial charge in [-0.05, 0) is 12.5 Å². The van der Waals surface area contributed by atoms with Crippen LogP contribution in [0.15, 0.2) is 12.1 Å². The molecule has 0 aliphatic heterocycles. The standard InChI is InChI=1S/C15H22O4/c1-5-6-7-8-12(16)11-9-14(18-3)15(19-4)10-13(11)17-2/h9-10H,5-8H2,1-4H3. The van der Waals surface area contributed by atoms with Crippen molar-refractivity contribution < 1.29 is 19.0 Å². The average molecular weight is 266 g/mol. The average Bonchev–Trinajstić information content (AvgIpc) is 2.45. The summed E-state index contributed by atoms with van der Waals surface area (Å²) in [5, 5.41) is 0. The highest BCUT2D eigenvalue weighted by Crippen LogP contribution is 2.35. The van der Waals surface area contributed by atoms with Gasteiger partial charge < -0.3 is 14.2 Å². The highest BCUT2D eigenvalue weighted by molar-refractivity contribution is 5.99. The van der Waals surface area contributed by atoms with Gasteiger partial charge in [0, 0.05) is 12.5 Å². The summed E-state index contributed by atoms with van der Waals surface area (Å²) in [6, 6.07) is 3.37. The summed E-state index contributed by atoms with van der Waals surface area (Å²) in [5.41, 5.74) is 0.552. The van der Waals surface area contributed by atoms with Gasteiger partial charge in [0.25, 0.3) is 0 Å². The first-order chi connectivity index (χ1) is 9.17. The first-order valence-corrected chi connectivity index (χ1v) is 6.51. The molecule has 0 bridgehead atoms. The van der Waals surface area contributed by atoms with Crippen molar-refractivity contribution in [2.45, 2.75) is 32.6 Å². The van der Waals surface area contributed by atoms with E-state index < -0.39 is 0 Å². The molecule has 106 valence electrons. The Morgan fingerprint density at radius 2 is 1.53 bits per heavy atom. The number of hydrogen-bond acceptors (Lipinski definition) is 4. The van der Waals surface area contributed by atoms with E-state index in [9.17, 15) is 4.79 Å². The zero-order valence-corrected chi connectivity index (χ0v) is 12.1. The molecule has 0 unspecified atom stereocenters. The maximum Gasteiger partial charge on any atom is 0.166 e. The lowest BCUT2D eigenvalue weighted by molar-refractivity contribution is 0.0976. The van der Waals surface area contributed by atoms with Gasteiger partial charge in [0.2, 0.25) is 0 Å². The van der Waals surface area contributed by atoms with Crippen LogP contribution in [-0.2, 0) is 0 Å². The quantitative estimate of drug-likeness (QED) is 0.534. The molecule has 1 aromatic carbocycles. The van der Waals surface area contributed by atoms with Gasteiger partial charge in [0.05, 0.1) is 26.9 Å². The summed E-state index contributed by atoms with van der Waals surface area (Å²) in [6.45, 7) is 2.11. The Balaban J connectivity index is 3.00. The maximum absolute atomic E-state index is 12.2. The Morgan fingerprint density at radius 1 is 0.947 bits per heavy atom. The van der Waals surface area contributed by atoms with E-state index in [1.807, 2.05) is 0 Å². The van der Waals surface area contributed by atoms with Gasteiger partial charge in [-0.25, -0.2) is 0 Å². The summed E-state index contributed by atoms with van der Waals surface area (Å²) in [4.78, 5) is 12.2. The van der Waals surface area contributed by atoms with Crippen LogP contribution in [0.1, 0.15) is 43.0 Å². The van der Waals surface area contributed by atoms with Gasteiger partial charge in [0.15, 0.2) is 17.3 Å². The third-order valence-electron chi connectivity index (χ3n) is 3.01. The van der Waals surface area contributed by atoms with Gasteiger partial charge >= 0.3 is 0 Å². The smallest absolute Gasteiger partial charge is 0.166 e. The van der Waals surface area contributed by atoms with Crippen LogP contribution in [0.25, 0.3) is 0 Å². The van der Waals surface area contributed by atoms with Crippen molar-refractivity contribution >= 4 is 5.78 Å². The predicted octanol–water partition coefficient (Wildman–Crippen LogP) is 3.48. The third kappa shape index (κ3) is 3.88. The molecule has 0 atom stereocenters. The van der Waals surface area contributed by atoms with E-state index in [0.717, 1.165) is 19.3 Å². The Kier molecular flexibility index (Phi) is 6.19. The second-order valence-corrected chi connectivity index (χ2v) is 4.29. The van der Waals surface area contributed by atoms with E-state index in [1.165, 1.54) is 0 Å². The fraction of sp³-hybridized carbons (Fsp3) is 0.533. The normalized spacial score (nSPS) is 10.1. The number of hydrogen-bond donors (Lipinski definition) is 0. The van der Waals surface area contributed by atoms with E-state index in [2.05, 4.69) is 6.92 Å². The van der Waals surface area contributed by atoms with Gasteiger partial charge in [-0.1, -0.05) is 19.8 Å².